The lowest BCUT2D eigenvalue weighted by molar-refractivity contribution is -0.0807. The van der Waals surface area contributed by atoms with Crippen molar-refractivity contribution in [2.45, 2.75) is 25.4 Å². The zero-order valence-corrected chi connectivity index (χ0v) is 15.2. The van der Waals surface area contributed by atoms with Crippen molar-refractivity contribution in [3.63, 3.8) is 0 Å². The van der Waals surface area contributed by atoms with Gasteiger partial charge in [0.2, 0.25) is 0 Å². The fourth-order valence-electron chi connectivity index (χ4n) is 2.92. The smallest absolute Gasteiger partial charge is 0.257 e. The first-order valence-corrected chi connectivity index (χ1v) is 8.81. The second-order valence-corrected chi connectivity index (χ2v) is 6.61. The molecule has 2 aromatic rings. The molecule has 0 atom stereocenters. The maximum Gasteiger partial charge on any atom is 0.257 e. The maximum atomic E-state index is 12.3. The summed E-state index contributed by atoms with van der Waals surface area (Å²) in [4.78, 5) is 16.7. The molecular weight excluding hydrogens is 330 g/mol. The fraction of sp³-hybridized carbons (Fsp3) is 0.400. The number of rotatable bonds is 6. The molecule has 1 fully saturated rings. The zero-order chi connectivity index (χ0) is 18.4. The van der Waals surface area contributed by atoms with Gasteiger partial charge in [0.05, 0.1) is 11.2 Å². The Balaban J connectivity index is 1.57. The van der Waals surface area contributed by atoms with Gasteiger partial charge in [-0.05, 0) is 31.2 Å². The highest BCUT2D eigenvalue weighted by Crippen LogP contribution is 2.24. The predicted molar refractivity (Wildman–Crippen MR) is 102 cm³/mol. The first-order valence-electron chi connectivity index (χ1n) is 8.81. The third kappa shape index (κ3) is 4.59. The molecule has 6 heteroatoms. The summed E-state index contributed by atoms with van der Waals surface area (Å²) in [5.41, 5.74) is 2.22. The average molecular weight is 355 g/mol. The Kier molecular flexibility index (Phi) is 5.85. The van der Waals surface area contributed by atoms with Crippen LogP contribution in [0.4, 0.5) is 11.5 Å². The van der Waals surface area contributed by atoms with Crippen molar-refractivity contribution in [2.75, 3.05) is 37.5 Å². The molecule has 0 spiro atoms. The van der Waals surface area contributed by atoms with Crippen molar-refractivity contribution in [3.8, 4) is 0 Å². The SMILES string of the molecule is COC1(CNc2ccc(C(=O)Nc3ccc(C)cc3)cn2)CCOCC1. The first kappa shape index (κ1) is 18.4. The van der Waals surface area contributed by atoms with Crippen molar-refractivity contribution in [2.24, 2.45) is 0 Å². The Bertz CT molecular complexity index is 723. The third-order valence-corrected chi connectivity index (χ3v) is 4.76. The lowest BCUT2D eigenvalue weighted by atomic mass is 9.94. The van der Waals surface area contributed by atoms with Crippen LogP contribution in [0, 0.1) is 6.92 Å². The predicted octanol–water partition coefficient (Wildman–Crippen LogP) is 3.25. The number of aryl methyl sites for hydroxylation is 1. The molecule has 2 N–H and O–H groups in total. The van der Waals surface area contributed by atoms with Crippen molar-refractivity contribution in [1.29, 1.82) is 0 Å². The number of amides is 1. The molecule has 1 aliphatic rings. The van der Waals surface area contributed by atoms with Crippen LogP contribution in [-0.2, 0) is 9.47 Å². The topological polar surface area (TPSA) is 72.5 Å². The molecule has 1 saturated heterocycles. The Morgan fingerprint density at radius 2 is 1.92 bits per heavy atom. The number of nitrogens with one attached hydrogen (secondary N) is 2. The van der Waals surface area contributed by atoms with Crippen molar-refractivity contribution < 1.29 is 14.3 Å². The number of nitrogens with zero attached hydrogens (tertiary/aromatic N) is 1. The molecule has 0 radical (unpaired) electrons. The zero-order valence-electron chi connectivity index (χ0n) is 15.2. The highest BCUT2D eigenvalue weighted by Gasteiger charge is 2.32. The average Bonchev–Trinajstić information content (AvgIpc) is 2.69. The summed E-state index contributed by atoms with van der Waals surface area (Å²) >= 11 is 0. The second-order valence-electron chi connectivity index (χ2n) is 6.61. The van der Waals surface area contributed by atoms with Crippen LogP contribution in [-0.4, -0.2) is 43.4 Å². The number of anilines is 2. The molecule has 138 valence electrons. The first-order chi connectivity index (χ1) is 12.6. The van der Waals surface area contributed by atoms with Crippen LogP contribution >= 0.6 is 0 Å². The minimum absolute atomic E-state index is 0.175. The van der Waals surface area contributed by atoms with E-state index in [2.05, 4.69) is 15.6 Å². The molecule has 1 amide bonds. The number of carbonyl (C=O) groups excluding carboxylic acids is 1. The van der Waals surface area contributed by atoms with E-state index in [4.69, 9.17) is 9.47 Å². The van der Waals surface area contributed by atoms with Gasteiger partial charge in [-0.1, -0.05) is 17.7 Å². The van der Waals surface area contributed by atoms with Gasteiger partial charge in [0.25, 0.3) is 5.91 Å². The molecule has 0 unspecified atom stereocenters. The summed E-state index contributed by atoms with van der Waals surface area (Å²) in [6.45, 7) is 4.09. The quantitative estimate of drug-likeness (QED) is 0.832. The Labute approximate surface area is 153 Å². The Morgan fingerprint density at radius 3 is 2.54 bits per heavy atom. The monoisotopic (exact) mass is 355 g/mol. The van der Waals surface area contributed by atoms with Crippen molar-refractivity contribution >= 4 is 17.4 Å². The molecule has 1 aromatic heterocycles. The largest absolute Gasteiger partial charge is 0.381 e. The van der Waals surface area contributed by atoms with Crippen LogP contribution in [0.25, 0.3) is 0 Å². The number of pyridine rings is 1. The van der Waals surface area contributed by atoms with E-state index in [1.54, 1.807) is 19.4 Å². The number of benzene rings is 1. The maximum absolute atomic E-state index is 12.3. The summed E-state index contributed by atoms with van der Waals surface area (Å²) in [5.74, 6) is 0.547. The molecule has 1 aromatic carbocycles. The number of hydrogen-bond donors (Lipinski definition) is 2. The van der Waals surface area contributed by atoms with Gasteiger partial charge in [-0.2, -0.15) is 0 Å². The van der Waals surface area contributed by atoms with Crippen LogP contribution in [0.1, 0.15) is 28.8 Å². The van der Waals surface area contributed by atoms with Gasteiger partial charge >= 0.3 is 0 Å². The van der Waals surface area contributed by atoms with Gasteiger partial charge < -0.3 is 20.1 Å². The Hall–Kier alpha value is -2.44. The molecule has 0 saturated carbocycles. The van der Waals surface area contributed by atoms with E-state index < -0.39 is 0 Å². The van der Waals surface area contributed by atoms with Gasteiger partial charge in [0.1, 0.15) is 5.82 Å². The van der Waals surface area contributed by atoms with Gasteiger partial charge in [-0.25, -0.2) is 4.98 Å². The number of ether oxygens (including phenoxy) is 2. The van der Waals surface area contributed by atoms with Crippen LogP contribution in [0.5, 0.6) is 0 Å². The lowest BCUT2D eigenvalue weighted by Gasteiger charge is -2.36. The van der Waals surface area contributed by atoms with Gasteiger partial charge in [-0.3, -0.25) is 4.79 Å². The van der Waals surface area contributed by atoms with Crippen LogP contribution in [0.15, 0.2) is 42.6 Å². The van der Waals surface area contributed by atoms with Crippen molar-refractivity contribution in [1.82, 2.24) is 4.98 Å². The van der Waals surface area contributed by atoms with Crippen LogP contribution in [0.2, 0.25) is 0 Å². The highest BCUT2D eigenvalue weighted by molar-refractivity contribution is 6.04. The molecule has 0 aliphatic carbocycles. The van der Waals surface area contributed by atoms with E-state index in [0.29, 0.717) is 25.3 Å². The summed E-state index contributed by atoms with van der Waals surface area (Å²) in [5, 5.41) is 6.18. The molecule has 26 heavy (non-hydrogen) atoms. The summed E-state index contributed by atoms with van der Waals surface area (Å²) in [6.07, 6.45) is 3.29. The number of hydrogen-bond acceptors (Lipinski definition) is 5. The minimum atomic E-state index is -0.221. The summed E-state index contributed by atoms with van der Waals surface area (Å²) in [6, 6.07) is 11.3. The van der Waals surface area contributed by atoms with Gasteiger partial charge in [0.15, 0.2) is 0 Å². The summed E-state index contributed by atoms with van der Waals surface area (Å²) < 4.78 is 11.1. The Morgan fingerprint density at radius 1 is 1.19 bits per heavy atom. The fourth-order valence-corrected chi connectivity index (χ4v) is 2.92. The minimum Gasteiger partial charge on any atom is -0.381 e. The highest BCUT2D eigenvalue weighted by atomic mass is 16.5. The number of aromatic nitrogens is 1. The lowest BCUT2D eigenvalue weighted by Crippen LogP contribution is -2.44. The third-order valence-electron chi connectivity index (χ3n) is 4.76. The van der Waals surface area contributed by atoms with E-state index >= 15 is 0 Å². The number of methoxy groups -OCH3 is 1. The molecule has 0 bridgehead atoms. The van der Waals surface area contributed by atoms with E-state index in [0.717, 1.165) is 29.9 Å². The van der Waals surface area contributed by atoms with E-state index in [1.807, 2.05) is 37.3 Å². The molecule has 3 rings (SSSR count). The molecule has 1 aliphatic heterocycles. The molecule has 2 heterocycles. The van der Waals surface area contributed by atoms with Crippen LogP contribution in [0.3, 0.4) is 0 Å². The number of carbonyl (C=O) groups is 1. The summed E-state index contributed by atoms with van der Waals surface area (Å²) in [7, 11) is 1.74. The van der Waals surface area contributed by atoms with E-state index in [9.17, 15) is 4.79 Å². The molecule has 6 nitrogen and oxygen atoms in total. The van der Waals surface area contributed by atoms with E-state index in [1.165, 1.54) is 0 Å². The standard InChI is InChI=1S/C20H25N3O3/c1-15-3-6-17(7-4-15)23-19(24)16-5-8-18(21-13-16)22-14-20(25-2)9-11-26-12-10-20/h3-8,13H,9-12,14H2,1-2H3,(H,21,22)(H,23,24). The normalized spacial score (nSPS) is 16.1. The molecular formula is C20H25N3O3. The second kappa shape index (κ2) is 8.29. The van der Waals surface area contributed by atoms with Crippen molar-refractivity contribution in [3.05, 3.63) is 53.7 Å². The van der Waals surface area contributed by atoms with E-state index in [-0.39, 0.29) is 11.5 Å². The van der Waals surface area contributed by atoms with Gasteiger partial charge in [-0.15, -0.1) is 0 Å². The van der Waals surface area contributed by atoms with Crippen LogP contribution < -0.4 is 10.6 Å². The van der Waals surface area contributed by atoms with Gasteiger partial charge in [0, 0.05) is 51.6 Å².